The number of aryl methyl sites for hydroxylation is 1. The molecule has 0 saturated carbocycles. The summed E-state index contributed by atoms with van der Waals surface area (Å²) in [6, 6.07) is 5.52. The first-order valence-electron chi connectivity index (χ1n) is 3.57. The fourth-order valence-corrected chi connectivity index (χ4v) is 0.736. The minimum Gasteiger partial charge on any atom is -0.508 e. The summed E-state index contributed by atoms with van der Waals surface area (Å²) in [6.45, 7) is 3.89. The molecule has 4 N–H and O–H groups in total. The fourth-order valence-electron chi connectivity index (χ4n) is 0.736. The highest BCUT2D eigenvalue weighted by Crippen LogP contribution is 2.17. The van der Waals surface area contributed by atoms with E-state index in [2.05, 4.69) is 0 Å². The van der Waals surface area contributed by atoms with Crippen LogP contribution < -0.4 is 0 Å². The maximum Gasteiger partial charge on any atom is 0.324 e. The third kappa shape index (κ3) is 5.55. The van der Waals surface area contributed by atoms with Crippen LogP contribution in [-0.4, -0.2) is 19.8 Å². The topological polar surface area (TPSA) is 80.9 Å². The molecule has 1 rings (SSSR count). The summed E-state index contributed by atoms with van der Waals surface area (Å²) in [5.74, 6) is 0.384. The first-order valence-corrected chi connectivity index (χ1v) is 4.77. The molecule has 0 unspecified atom stereocenters. The maximum atomic E-state index is 9.10. The summed E-state index contributed by atoms with van der Waals surface area (Å²) < 4.78 is 0. The molecule has 0 aliphatic heterocycles. The van der Waals surface area contributed by atoms with E-state index in [1.54, 1.807) is 6.07 Å². The Kier molecular flexibility index (Phi) is 5.58. The lowest BCUT2D eigenvalue weighted by molar-refractivity contribution is 0.368. The molecule has 0 aliphatic carbocycles. The van der Waals surface area contributed by atoms with Crippen molar-refractivity contribution in [3.05, 3.63) is 29.3 Å². The molecule has 0 amide bonds. The SMILES string of the molecule is Cc1cccc(O)c1C.OP(O)O. The number of hydrogen-bond acceptors (Lipinski definition) is 4. The lowest BCUT2D eigenvalue weighted by Gasteiger charge is -1.99. The van der Waals surface area contributed by atoms with Gasteiger partial charge in [-0.1, -0.05) is 12.1 Å². The molecular formula is C8H13O4P. The Labute approximate surface area is 78.1 Å². The zero-order chi connectivity index (χ0) is 10.4. The summed E-state index contributed by atoms with van der Waals surface area (Å²) in [4.78, 5) is 21.7. The lowest BCUT2D eigenvalue weighted by Crippen LogP contribution is -1.78. The summed E-state index contributed by atoms with van der Waals surface area (Å²) >= 11 is 0. The van der Waals surface area contributed by atoms with Crippen LogP contribution in [0.4, 0.5) is 0 Å². The van der Waals surface area contributed by atoms with Gasteiger partial charge in [0.1, 0.15) is 5.75 Å². The van der Waals surface area contributed by atoms with Gasteiger partial charge >= 0.3 is 8.60 Å². The van der Waals surface area contributed by atoms with Crippen LogP contribution in [0.15, 0.2) is 18.2 Å². The number of hydrogen-bond donors (Lipinski definition) is 4. The molecule has 0 bridgehead atoms. The molecule has 0 heterocycles. The van der Waals surface area contributed by atoms with Crippen LogP contribution in [0.5, 0.6) is 5.75 Å². The van der Waals surface area contributed by atoms with Gasteiger partial charge in [-0.2, -0.15) is 0 Å². The Bertz CT molecular complexity index is 239. The van der Waals surface area contributed by atoms with Gasteiger partial charge in [-0.05, 0) is 31.0 Å². The molecule has 0 fully saturated rings. The first kappa shape index (κ1) is 12.3. The third-order valence-electron chi connectivity index (χ3n) is 1.58. The van der Waals surface area contributed by atoms with Crippen LogP contribution in [0.1, 0.15) is 11.1 Å². The maximum absolute atomic E-state index is 9.10. The van der Waals surface area contributed by atoms with Crippen molar-refractivity contribution in [1.82, 2.24) is 0 Å². The van der Waals surface area contributed by atoms with E-state index < -0.39 is 8.60 Å². The van der Waals surface area contributed by atoms with E-state index in [0.717, 1.165) is 11.1 Å². The van der Waals surface area contributed by atoms with Gasteiger partial charge in [0.25, 0.3) is 0 Å². The Morgan fingerprint density at radius 1 is 1.08 bits per heavy atom. The van der Waals surface area contributed by atoms with Crippen LogP contribution in [0, 0.1) is 13.8 Å². The van der Waals surface area contributed by atoms with Gasteiger partial charge in [0.05, 0.1) is 0 Å². The molecular weight excluding hydrogens is 191 g/mol. The Morgan fingerprint density at radius 2 is 1.54 bits per heavy atom. The van der Waals surface area contributed by atoms with Gasteiger partial charge in [0, 0.05) is 0 Å². The molecule has 1 aromatic rings. The molecule has 0 spiro atoms. The smallest absolute Gasteiger partial charge is 0.324 e. The van der Waals surface area contributed by atoms with Crippen molar-refractivity contribution in [2.24, 2.45) is 0 Å². The molecule has 0 atom stereocenters. The van der Waals surface area contributed by atoms with Gasteiger partial charge < -0.3 is 19.8 Å². The average Bonchev–Trinajstić information content (AvgIpc) is 1.99. The van der Waals surface area contributed by atoms with Gasteiger partial charge in [0.15, 0.2) is 0 Å². The normalized spacial score (nSPS) is 9.38. The number of benzene rings is 1. The molecule has 0 radical (unpaired) electrons. The molecule has 0 saturated heterocycles. The lowest BCUT2D eigenvalue weighted by atomic mass is 10.1. The summed E-state index contributed by atoms with van der Waals surface area (Å²) in [5.41, 5.74) is 2.10. The van der Waals surface area contributed by atoms with Crippen molar-refractivity contribution >= 4 is 8.60 Å². The highest BCUT2D eigenvalue weighted by molar-refractivity contribution is 7.38. The molecule has 13 heavy (non-hydrogen) atoms. The molecule has 74 valence electrons. The zero-order valence-electron chi connectivity index (χ0n) is 7.47. The number of phenolic OH excluding ortho intramolecular Hbond substituents is 1. The van der Waals surface area contributed by atoms with Gasteiger partial charge in [-0.15, -0.1) is 0 Å². The summed E-state index contributed by atoms with van der Waals surface area (Å²) in [7, 11) is -2.62. The predicted octanol–water partition coefficient (Wildman–Crippen LogP) is 1.20. The first-order chi connectivity index (χ1) is 5.95. The monoisotopic (exact) mass is 204 g/mol. The van der Waals surface area contributed by atoms with Crippen LogP contribution in [0.3, 0.4) is 0 Å². The van der Waals surface area contributed by atoms with E-state index >= 15 is 0 Å². The van der Waals surface area contributed by atoms with Crippen LogP contribution in [-0.2, 0) is 0 Å². The number of aromatic hydroxyl groups is 1. The Hall–Kier alpha value is -0.670. The molecule has 0 aromatic heterocycles. The van der Waals surface area contributed by atoms with E-state index in [-0.39, 0.29) is 0 Å². The molecule has 5 heteroatoms. The third-order valence-corrected chi connectivity index (χ3v) is 1.58. The predicted molar refractivity (Wildman–Crippen MR) is 51.2 cm³/mol. The van der Waals surface area contributed by atoms with E-state index in [9.17, 15) is 0 Å². The second-order valence-electron chi connectivity index (χ2n) is 2.49. The van der Waals surface area contributed by atoms with Crippen molar-refractivity contribution in [3.8, 4) is 5.75 Å². The van der Waals surface area contributed by atoms with Gasteiger partial charge in [0.2, 0.25) is 0 Å². The van der Waals surface area contributed by atoms with Crippen molar-refractivity contribution < 1.29 is 19.8 Å². The van der Waals surface area contributed by atoms with Crippen molar-refractivity contribution in [2.45, 2.75) is 13.8 Å². The molecule has 0 aliphatic rings. The van der Waals surface area contributed by atoms with Crippen molar-refractivity contribution in [1.29, 1.82) is 0 Å². The largest absolute Gasteiger partial charge is 0.508 e. The van der Waals surface area contributed by atoms with Crippen LogP contribution in [0.2, 0.25) is 0 Å². The van der Waals surface area contributed by atoms with E-state index in [1.165, 1.54) is 0 Å². The zero-order valence-corrected chi connectivity index (χ0v) is 8.36. The van der Waals surface area contributed by atoms with E-state index in [1.807, 2.05) is 26.0 Å². The molecule has 1 aromatic carbocycles. The highest BCUT2D eigenvalue weighted by atomic mass is 31.2. The Morgan fingerprint density at radius 3 is 1.85 bits per heavy atom. The standard InChI is InChI=1S/C8H10O.H3O3P/c1-6-4-3-5-8(9)7(6)2;1-4(2)3/h3-5,9H,1-2H3;1-3H. The van der Waals surface area contributed by atoms with Gasteiger partial charge in [-0.25, -0.2) is 0 Å². The Balaban J connectivity index is 0.000000310. The average molecular weight is 204 g/mol. The summed E-state index contributed by atoms with van der Waals surface area (Å²) in [5, 5.41) is 9.10. The minimum atomic E-state index is -2.62. The second-order valence-corrected chi connectivity index (χ2v) is 3.02. The minimum absolute atomic E-state index is 0.384. The molecule has 4 nitrogen and oxygen atoms in total. The number of phenols is 1. The van der Waals surface area contributed by atoms with Crippen LogP contribution in [0.25, 0.3) is 0 Å². The van der Waals surface area contributed by atoms with E-state index in [0.29, 0.717) is 5.75 Å². The van der Waals surface area contributed by atoms with Gasteiger partial charge in [-0.3, -0.25) is 0 Å². The quantitative estimate of drug-likeness (QED) is 0.478. The number of rotatable bonds is 0. The summed E-state index contributed by atoms with van der Waals surface area (Å²) in [6.07, 6.45) is 0. The highest BCUT2D eigenvalue weighted by Gasteiger charge is 1.94. The van der Waals surface area contributed by atoms with Crippen molar-refractivity contribution in [2.75, 3.05) is 0 Å². The van der Waals surface area contributed by atoms with Crippen LogP contribution >= 0.6 is 8.60 Å². The van der Waals surface area contributed by atoms with Crippen molar-refractivity contribution in [3.63, 3.8) is 0 Å². The second kappa shape index (κ2) is 5.89. The van der Waals surface area contributed by atoms with E-state index in [4.69, 9.17) is 19.8 Å². The fraction of sp³-hybridized carbons (Fsp3) is 0.250.